The summed E-state index contributed by atoms with van der Waals surface area (Å²) in [5, 5.41) is 10.1. The molecule has 0 atom stereocenters. The Kier molecular flexibility index (Phi) is 4.86. The fraction of sp³-hybridized carbons (Fsp3) is 0.150. The van der Waals surface area contributed by atoms with Gasteiger partial charge in [0, 0.05) is 13.0 Å². The molecule has 0 radical (unpaired) electrons. The van der Waals surface area contributed by atoms with Gasteiger partial charge in [-0.15, -0.1) is 10.2 Å². The SMILES string of the molecule is O=C(CCN1C(=O)c2ccccc2C1=O)NCc1nnc(-c2ccccc2F)o1. The van der Waals surface area contributed by atoms with E-state index in [0.717, 1.165) is 4.90 Å². The van der Waals surface area contributed by atoms with Crippen LogP contribution in [0.1, 0.15) is 33.0 Å². The quantitative estimate of drug-likeness (QED) is 0.643. The maximum Gasteiger partial charge on any atom is 0.261 e. The Labute approximate surface area is 164 Å². The van der Waals surface area contributed by atoms with Crippen LogP contribution in [0, 0.1) is 5.82 Å². The lowest BCUT2D eigenvalue weighted by Crippen LogP contribution is -2.34. The van der Waals surface area contributed by atoms with Crippen LogP contribution in [-0.4, -0.2) is 39.4 Å². The first-order chi connectivity index (χ1) is 14.0. The molecule has 146 valence electrons. The molecule has 0 bridgehead atoms. The topological polar surface area (TPSA) is 105 Å². The Morgan fingerprint density at radius 3 is 2.24 bits per heavy atom. The van der Waals surface area contributed by atoms with Crippen LogP contribution in [0.25, 0.3) is 11.5 Å². The van der Waals surface area contributed by atoms with Crippen LogP contribution in [0.5, 0.6) is 0 Å². The first-order valence-electron chi connectivity index (χ1n) is 8.84. The van der Waals surface area contributed by atoms with Crippen molar-refractivity contribution in [2.75, 3.05) is 6.54 Å². The molecule has 2 aromatic carbocycles. The minimum absolute atomic E-state index is 0.0124. The number of amides is 3. The number of hydrogen-bond acceptors (Lipinski definition) is 6. The van der Waals surface area contributed by atoms with Gasteiger partial charge in [-0.25, -0.2) is 4.39 Å². The van der Waals surface area contributed by atoms with Crippen LogP contribution in [-0.2, 0) is 11.3 Å². The Bertz CT molecular complexity index is 1080. The van der Waals surface area contributed by atoms with Gasteiger partial charge >= 0.3 is 0 Å². The molecule has 4 rings (SSSR count). The molecule has 29 heavy (non-hydrogen) atoms. The van der Waals surface area contributed by atoms with Crippen LogP contribution in [0.2, 0.25) is 0 Å². The number of benzene rings is 2. The third-order valence-electron chi connectivity index (χ3n) is 4.45. The number of nitrogens with zero attached hydrogens (tertiary/aromatic N) is 3. The molecule has 9 heteroatoms. The van der Waals surface area contributed by atoms with E-state index < -0.39 is 23.5 Å². The molecule has 3 amide bonds. The van der Waals surface area contributed by atoms with E-state index in [4.69, 9.17) is 4.42 Å². The molecule has 0 saturated heterocycles. The van der Waals surface area contributed by atoms with Crippen LogP contribution < -0.4 is 5.32 Å². The maximum absolute atomic E-state index is 13.8. The molecule has 1 aliphatic rings. The second-order valence-electron chi connectivity index (χ2n) is 6.32. The van der Waals surface area contributed by atoms with Crippen molar-refractivity contribution in [1.29, 1.82) is 0 Å². The molecule has 0 saturated carbocycles. The first kappa shape index (κ1) is 18.5. The number of rotatable bonds is 6. The fourth-order valence-electron chi connectivity index (χ4n) is 2.99. The summed E-state index contributed by atoms with van der Waals surface area (Å²) in [6.45, 7) is -0.0924. The van der Waals surface area contributed by atoms with E-state index in [1.165, 1.54) is 12.1 Å². The largest absolute Gasteiger partial charge is 0.419 e. The summed E-state index contributed by atoms with van der Waals surface area (Å²) in [6, 6.07) is 12.5. The summed E-state index contributed by atoms with van der Waals surface area (Å²) in [5.74, 6) is -1.59. The highest BCUT2D eigenvalue weighted by Gasteiger charge is 2.34. The molecule has 8 nitrogen and oxygen atoms in total. The van der Waals surface area contributed by atoms with E-state index in [0.29, 0.717) is 11.1 Å². The average molecular weight is 394 g/mol. The standard InChI is InChI=1S/C20H15FN4O4/c21-15-8-4-3-7-14(15)18-24-23-17(29-18)11-22-16(26)9-10-25-19(27)12-5-1-2-6-13(12)20(25)28/h1-8H,9-11H2,(H,22,26). The summed E-state index contributed by atoms with van der Waals surface area (Å²) >= 11 is 0. The third-order valence-corrected chi connectivity index (χ3v) is 4.45. The lowest BCUT2D eigenvalue weighted by molar-refractivity contribution is -0.121. The van der Waals surface area contributed by atoms with E-state index in [1.807, 2.05) is 0 Å². The number of hydrogen-bond donors (Lipinski definition) is 1. The number of carbonyl (C=O) groups excluding carboxylic acids is 3. The zero-order valence-corrected chi connectivity index (χ0v) is 15.1. The molecule has 3 aromatic rings. The fourth-order valence-corrected chi connectivity index (χ4v) is 2.99. The van der Waals surface area contributed by atoms with Gasteiger partial charge in [-0.3, -0.25) is 19.3 Å². The predicted molar refractivity (Wildman–Crippen MR) is 98.0 cm³/mol. The van der Waals surface area contributed by atoms with Crippen LogP contribution in [0.3, 0.4) is 0 Å². The van der Waals surface area contributed by atoms with Crippen molar-refractivity contribution in [3.63, 3.8) is 0 Å². The summed E-state index contributed by atoms with van der Waals surface area (Å²) in [6.07, 6.45) is -0.0697. The van der Waals surface area contributed by atoms with Crippen molar-refractivity contribution in [2.45, 2.75) is 13.0 Å². The Hall–Kier alpha value is -3.88. The molecule has 0 aliphatic carbocycles. The lowest BCUT2D eigenvalue weighted by atomic mass is 10.1. The molecular weight excluding hydrogens is 379 g/mol. The minimum Gasteiger partial charge on any atom is -0.419 e. The highest BCUT2D eigenvalue weighted by atomic mass is 19.1. The van der Waals surface area contributed by atoms with Crippen molar-refractivity contribution in [1.82, 2.24) is 20.4 Å². The second kappa shape index (κ2) is 7.63. The third kappa shape index (κ3) is 3.62. The number of carbonyl (C=O) groups is 3. The number of halogens is 1. The first-order valence-corrected chi connectivity index (χ1v) is 8.84. The zero-order chi connectivity index (χ0) is 20.4. The van der Waals surface area contributed by atoms with Crippen LogP contribution in [0.15, 0.2) is 52.9 Å². The highest BCUT2D eigenvalue weighted by molar-refractivity contribution is 6.21. The van der Waals surface area contributed by atoms with Gasteiger partial charge in [-0.2, -0.15) is 0 Å². The smallest absolute Gasteiger partial charge is 0.261 e. The van der Waals surface area contributed by atoms with Gasteiger partial charge in [-0.05, 0) is 24.3 Å². The predicted octanol–water partition coefficient (Wildman–Crippen LogP) is 2.18. The molecule has 2 heterocycles. The van der Waals surface area contributed by atoms with Gasteiger partial charge in [0.1, 0.15) is 5.82 Å². The van der Waals surface area contributed by atoms with E-state index >= 15 is 0 Å². The van der Waals surface area contributed by atoms with Gasteiger partial charge in [0.15, 0.2) is 0 Å². The summed E-state index contributed by atoms with van der Waals surface area (Å²) in [7, 11) is 0. The average Bonchev–Trinajstić information content (AvgIpc) is 3.29. The van der Waals surface area contributed by atoms with Crippen molar-refractivity contribution >= 4 is 17.7 Å². The Balaban J connectivity index is 1.31. The van der Waals surface area contributed by atoms with Crippen molar-refractivity contribution < 1.29 is 23.2 Å². The molecule has 0 fully saturated rings. The van der Waals surface area contributed by atoms with Gasteiger partial charge < -0.3 is 9.73 Å². The molecule has 0 spiro atoms. The van der Waals surface area contributed by atoms with Crippen molar-refractivity contribution in [3.05, 3.63) is 71.4 Å². The maximum atomic E-state index is 13.8. The molecule has 1 aromatic heterocycles. The summed E-state index contributed by atoms with van der Waals surface area (Å²) in [5.41, 5.74) is 0.845. The van der Waals surface area contributed by atoms with E-state index in [-0.39, 0.29) is 36.9 Å². The van der Waals surface area contributed by atoms with Crippen molar-refractivity contribution in [2.24, 2.45) is 0 Å². The normalized spacial score (nSPS) is 12.9. The summed E-state index contributed by atoms with van der Waals surface area (Å²) in [4.78, 5) is 37.7. The van der Waals surface area contributed by atoms with Gasteiger partial charge in [-0.1, -0.05) is 24.3 Å². The zero-order valence-electron chi connectivity index (χ0n) is 15.1. The van der Waals surface area contributed by atoms with Gasteiger partial charge in [0.2, 0.25) is 11.8 Å². The summed E-state index contributed by atoms with van der Waals surface area (Å²) < 4.78 is 19.1. The molecule has 0 unspecified atom stereocenters. The van der Waals surface area contributed by atoms with E-state index in [2.05, 4.69) is 15.5 Å². The van der Waals surface area contributed by atoms with Gasteiger partial charge in [0.25, 0.3) is 17.7 Å². The van der Waals surface area contributed by atoms with E-state index in [9.17, 15) is 18.8 Å². The van der Waals surface area contributed by atoms with E-state index in [1.54, 1.807) is 36.4 Å². The monoisotopic (exact) mass is 394 g/mol. The highest BCUT2D eigenvalue weighted by Crippen LogP contribution is 2.23. The number of imide groups is 1. The van der Waals surface area contributed by atoms with Crippen LogP contribution >= 0.6 is 0 Å². The minimum atomic E-state index is -0.493. The second-order valence-corrected chi connectivity index (χ2v) is 6.32. The molecule has 1 aliphatic heterocycles. The lowest BCUT2D eigenvalue weighted by Gasteiger charge is -2.13. The molecule has 1 N–H and O–H groups in total. The van der Waals surface area contributed by atoms with Gasteiger partial charge in [0.05, 0.1) is 23.2 Å². The Morgan fingerprint density at radius 2 is 1.59 bits per heavy atom. The number of fused-ring (bicyclic) bond motifs is 1. The number of nitrogens with one attached hydrogen (secondary N) is 1. The molecular formula is C20H15FN4O4. The Morgan fingerprint density at radius 1 is 0.966 bits per heavy atom. The number of aromatic nitrogens is 2. The van der Waals surface area contributed by atoms with Crippen molar-refractivity contribution in [3.8, 4) is 11.5 Å². The van der Waals surface area contributed by atoms with Crippen LogP contribution in [0.4, 0.5) is 4.39 Å².